The molecule has 1 aliphatic heterocycles. The summed E-state index contributed by atoms with van der Waals surface area (Å²) in [7, 11) is 0. The molecule has 0 atom stereocenters. The number of carbonyl (C=O) groups is 2. The molecule has 218 valence electrons. The van der Waals surface area contributed by atoms with Gasteiger partial charge in [-0.2, -0.15) is 0 Å². The number of nitrogens with zero attached hydrogens (tertiary/aromatic N) is 1. The molecule has 0 radical (unpaired) electrons. The van der Waals surface area contributed by atoms with Crippen LogP contribution in [-0.4, -0.2) is 49.6 Å². The SMILES string of the molecule is O=C(CCCNC(=O)NSc1ccccc1Oc1ccccc1)NCCCOc1cccc(CN2CCCCC2)c1. The minimum atomic E-state index is -0.318. The van der Waals surface area contributed by atoms with Crippen molar-refractivity contribution in [2.24, 2.45) is 0 Å². The highest BCUT2D eigenvalue weighted by Gasteiger charge is 2.11. The van der Waals surface area contributed by atoms with Gasteiger partial charge in [-0.05, 0) is 92.7 Å². The molecule has 0 aromatic heterocycles. The van der Waals surface area contributed by atoms with E-state index >= 15 is 0 Å². The molecule has 0 aliphatic carbocycles. The van der Waals surface area contributed by atoms with Crippen molar-refractivity contribution in [1.29, 1.82) is 0 Å². The van der Waals surface area contributed by atoms with Crippen LogP contribution < -0.4 is 24.8 Å². The Kier molecular flexibility index (Phi) is 12.7. The fraction of sp³-hybridized carbons (Fsp3) is 0.375. The topological polar surface area (TPSA) is 91.9 Å². The molecular formula is C32H40N4O4S. The number of piperidine rings is 1. The zero-order valence-electron chi connectivity index (χ0n) is 23.5. The van der Waals surface area contributed by atoms with Crippen LogP contribution >= 0.6 is 11.9 Å². The van der Waals surface area contributed by atoms with E-state index in [0.29, 0.717) is 38.3 Å². The molecule has 3 amide bonds. The van der Waals surface area contributed by atoms with Crippen LogP contribution in [0, 0.1) is 0 Å². The van der Waals surface area contributed by atoms with Crippen LogP contribution in [0.2, 0.25) is 0 Å². The number of ether oxygens (including phenoxy) is 2. The molecule has 1 fully saturated rings. The van der Waals surface area contributed by atoms with Crippen molar-refractivity contribution in [2.45, 2.75) is 50.0 Å². The minimum Gasteiger partial charge on any atom is -0.494 e. The van der Waals surface area contributed by atoms with Crippen LogP contribution in [-0.2, 0) is 11.3 Å². The van der Waals surface area contributed by atoms with Crippen molar-refractivity contribution in [3.8, 4) is 17.2 Å². The summed E-state index contributed by atoms with van der Waals surface area (Å²) >= 11 is 1.18. The second kappa shape index (κ2) is 17.2. The van der Waals surface area contributed by atoms with Gasteiger partial charge in [0, 0.05) is 26.1 Å². The lowest BCUT2D eigenvalue weighted by Gasteiger charge is -2.26. The van der Waals surface area contributed by atoms with Gasteiger partial charge in [0.2, 0.25) is 5.91 Å². The number of rotatable bonds is 15. The first-order valence-electron chi connectivity index (χ1n) is 14.4. The standard InChI is InChI=1S/C32H40N4O4S/c37-31(33-20-11-23-39-28-15-9-12-26(24-28)25-36-21-7-2-8-22-36)18-10-19-34-32(38)35-41-30-17-6-5-16-29(30)40-27-13-3-1-4-14-27/h1,3-6,9,12-17,24H,2,7-8,10-11,18-23,25H2,(H,33,37)(H2,34,35,38). The van der Waals surface area contributed by atoms with E-state index < -0.39 is 0 Å². The van der Waals surface area contributed by atoms with Crippen LogP contribution in [0.25, 0.3) is 0 Å². The maximum Gasteiger partial charge on any atom is 0.325 e. The van der Waals surface area contributed by atoms with Crippen LogP contribution in [0.1, 0.15) is 44.1 Å². The molecule has 8 nitrogen and oxygen atoms in total. The summed E-state index contributed by atoms with van der Waals surface area (Å²) < 4.78 is 14.6. The molecule has 1 aliphatic rings. The molecule has 4 rings (SSSR count). The van der Waals surface area contributed by atoms with E-state index in [9.17, 15) is 9.59 Å². The Morgan fingerprint density at radius 1 is 0.805 bits per heavy atom. The summed E-state index contributed by atoms with van der Waals surface area (Å²) in [5.41, 5.74) is 1.28. The Balaban J connectivity index is 1.03. The zero-order chi connectivity index (χ0) is 28.5. The number of amides is 3. The number of para-hydroxylation sites is 2. The monoisotopic (exact) mass is 576 g/mol. The highest BCUT2D eigenvalue weighted by atomic mass is 32.2. The molecule has 0 spiro atoms. The van der Waals surface area contributed by atoms with Crippen LogP contribution in [0.5, 0.6) is 17.2 Å². The molecule has 0 saturated carbocycles. The van der Waals surface area contributed by atoms with E-state index in [4.69, 9.17) is 9.47 Å². The Morgan fingerprint density at radius 2 is 1.56 bits per heavy atom. The third kappa shape index (κ3) is 11.4. The predicted octanol–water partition coefficient (Wildman–Crippen LogP) is 6.14. The van der Waals surface area contributed by atoms with Crippen molar-refractivity contribution in [2.75, 3.05) is 32.8 Å². The number of likely N-dealkylation sites (tertiary alicyclic amines) is 1. The fourth-order valence-electron chi connectivity index (χ4n) is 4.51. The second-order valence-corrected chi connectivity index (χ2v) is 10.8. The molecule has 9 heteroatoms. The maximum absolute atomic E-state index is 12.2. The van der Waals surface area contributed by atoms with Crippen molar-refractivity contribution < 1.29 is 19.1 Å². The van der Waals surface area contributed by atoms with Crippen LogP contribution in [0.4, 0.5) is 4.79 Å². The minimum absolute atomic E-state index is 0.0305. The lowest BCUT2D eigenvalue weighted by molar-refractivity contribution is -0.121. The summed E-state index contributed by atoms with van der Waals surface area (Å²) in [6.07, 6.45) is 5.54. The van der Waals surface area contributed by atoms with Crippen molar-refractivity contribution in [1.82, 2.24) is 20.3 Å². The summed E-state index contributed by atoms with van der Waals surface area (Å²) in [6, 6.07) is 25.0. The van der Waals surface area contributed by atoms with Gasteiger partial charge in [0.05, 0.1) is 11.5 Å². The lowest BCUT2D eigenvalue weighted by atomic mass is 10.1. The maximum atomic E-state index is 12.2. The van der Waals surface area contributed by atoms with Crippen molar-refractivity contribution in [3.05, 3.63) is 84.4 Å². The van der Waals surface area contributed by atoms with Gasteiger partial charge >= 0.3 is 6.03 Å². The molecule has 0 bridgehead atoms. The number of hydrogen-bond acceptors (Lipinski definition) is 6. The molecule has 3 aromatic carbocycles. The van der Waals surface area contributed by atoms with Crippen LogP contribution in [0.3, 0.4) is 0 Å². The predicted molar refractivity (Wildman–Crippen MR) is 163 cm³/mol. The first kappa shape index (κ1) is 30.3. The molecule has 41 heavy (non-hydrogen) atoms. The van der Waals surface area contributed by atoms with E-state index in [2.05, 4.69) is 32.4 Å². The fourth-order valence-corrected chi connectivity index (χ4v) is 5.14. The Morgan fingerprint density at radius 3 is 2.41 bits per heavy atom. The van der Waals surface area contributed by atoms with Gasteiger partial charge in [-0.15, -0.1) is 0 Å². The summed E-state index contributed by atoms with van der Waals surface area (Å²) in [6.45, 7) is 4.83. The molecular weight excluding hydrogens is 536 g/mol. The average molecular weight is 577 g/mol. The lowest BCUT2D eigenvalue weighted by Crippen LogP contribution is -2.33. The normalized spacial score (nSPS) is 13.3. The number of carbonyl (C=O) groups excluding carboxylic acids is 2. The van der Waals surface area contributed by atoms with Crippen molar-refractivity contribution >= 4 is 23.9 Å². The Hall–Kier alpha value is -3.69. The van der Waals surface area contributed by atoms with E-state index in [0.717, 1.165) is 29.4 Å². The largest absolute Gasteiger partial charge is 0.494 e. The van der Waals surface area contributed by atoms with E-state index in [1.165, 1.54) is 49.9 Å². The smallest absolute Gasteiger partial charge is 0.325 e. The van der Waals surface area contributed by atoms with Crippen molar-refractivity contribution in [3.63, 3.8) is 0 Å². The Bertz CT molecular complexity index is 1220. The van der Waals surface area contributed by atoms with Gasteiger partial charge in [0.25, 0.3) is 0 Å². The molecule has 3 N–H and O–H groups in total. The first-order chi connectivity index (χ1) is 20.2. The van der Waals surface area contributed by atoms with Gasteiger partial charge in [-0.25, -0.2) is 4.79 Å². The average Bonchev–Trinajstić information content (AvgIpc) is 3.00. The zero-order valence-corrected chi connectivity index (χ0v) is 24.3. The van der Waals surface area contributed by atoms with Crippen LogP contribution in [0.15, 0.2) is 83.8 Å². The summed E-state index contributed by atoms with van der Waals surface area (Å²) in [5, 5.41) is 5.71. The summed E-state index contributed by atoms with van der Waals surface area (Å²) in [4.78, 5) is 27.7. The highest BCUT2D eigenvalue weighted by Crippen LogP contribution is 2.31. The molecule has 1 heterocycles. The molecule has 1 saturated heterocycles. The van der Waals surface area contributed by atoms with Gasteiger partial charge in [-0.3, -0.25) is 14.4 Å². The first-order valence-corrected chi connectivity index (χ1v) is 15.2. The van der Waals surface area contributed by atoms with E-state index in [-0.39, 0.29) is 11.9 Å². The highest BCUT2D eigenvalue weighted by molar-refractivity contribution is 7.98. The third-order valence-electron chi connectivity index (χ3n) is 6.61. The van der Waals surface area contributed by atoms with Gasteiger partial charge in [0.15, 0.2) is 0 Å². The van der Waals surface area contributed by atoms with Gasteiger partial charge < -0.3 is 20.1 Å². The molecule has 3 aromatic rings. The quantitative estimate of drug-likeness (QED) is 0.149. The number of nitrogens with one attached hydrogen (secondary N) is 3. The van der Waals surface area contributed by atoms with E-state index in [1.807, 2.05) is 66.7 Å². The summed E-state index contributed by atoms with van der Waals surface area (Å²) in [5.74, 6) is 2.23. The molecule has 0 unspecified atom stereocenters. The number of benzene rings is 3. The number of urea groups is 1. The van der Waals surface area contributed by atoms with Gasteiger partial charge in [0.1, 0.15) is 17.2 Å². The Labute approximate surface area is 247 Å². The number of hydrogen-bond donors (Lipinski definition) is 3. The van der Waals surface area contributed by atoms with Gasteiger partial charge in [-0.1, -0.05) is 48.9 Å². The second-order valence-electron chi connectivity index (χ2n) is 9.96. The third-order valence-corrected chi connectivity index (χ3v) is 7.45. The van der Waals surface area contributed by atoms with E-state index in [1.54, 1.807) is 0 Å².